The Bertz CT molecular complexity index is 4300. The number of thiocarbonyl (C=S) groups is 1. The van der Waals surface area contributed by atoms with Crippen molar-refractivity contribution in [3.05, 3.63) is 165 Å². The molecule has 0 aliphatic carbocycles. The normalized spacial score (nSPS) is 17.6. The number of aliphatic hydroxyl groups excluding tert-OH is 1. The van der Waals surface area contributed by atoms with E-state index in [-0.39, 0.29) is 84.9 Å². The van der Waals surface area contributed by atoms with Gasteiger partial charge in [0, 0.05) is 86.0 Å². The van der Waals surface area contributed by atoms with Crippen molar-refractivity contribution in [2.75, 3.05) is 66.4 Å². The molecule has 0 spiro atoms. The molecule has 8 rings (SSSR count). The average molecular weight is 1700 g/mol. The fourth-order valence-corrected chi connectivity index (χ4v) is 17.5. The van der Waals surface area contributed by atoms with Gasteiger partial charge in [-0.25, -0.2) is 14.6 Å². The molecule has 0 saturated carbocycles. The van der Waals surface area contributed by atoms with Gasteiger partial charge in [-0.05, 0) is 109 Å². The van der Waals surface area contributed by atoms with Crippen molar-refractivity contribution in [3.8, 4) is 0 Å². The highest BCUT2D eigenvalue weighted by molar-refractivity contribution is 8.05. The number of methoxy groups -OCH3 is 2. The summed E-state index contributed by atoms with van der Waals surface area (Å²) in [6, 6.07) is 27.6. The first-order chi connectivity index (χ1) is 56.3. The first-order valence-corrected chi connectivity index (χ1v) is 42.7. The Morgan fingerprint density at radius 1 is 0.729 bits per heavy atom. The van der Waals surface area contributed by atoms with Gasteiger partial charge >= 0.3 is 12.1 Å². The van der Waals surface area contributed by atoms with Crippen LogP contribution in [0.3, 0.4) is 0 Å². The fourth-order valence-electron chi connectivity index (χ4n) is 14.6. The Balaban J connectivity index is 0.859. The van der Waals surface area contributed by atoms with Crippen LogP contribution in [0.15, 0.2) is 159 Å². The molecular formula is C85H113N13O16S4. The Kier molecular flexibility index (Phi) is 36.2. The number of anilines is 1. The van der Waals surface area contributed by atoms with Crippen molar-refractivity contribution in [3.63, 3.8) is 0 Å². The van der Waals surface area contributed by atoms with E-state index in [1.807, 2.05) is 92.9 Å². The van der Waals surface area contributed by atoms with E-state index in [0.29, 0.717) is 42.7 Å². The van der Waals surface area contributed by atoms with Crippen molar-refractivity contribution in [2.24, 2.45) is 35.3 Å². The molecule has 1 aromatic heterocycles. The third-order valence-corrected chi connectivity index (χ3v) is 24.7. The van der Waals surface area contributed by atoms with Gasteiger partial charge in [-0.2, -0.15) is 0 Å². The van der Waals surface area contributed by atoms with Crippen LogP contribution >= 0.6 is 47.1 Å². The Hall–Kier alpha value is -9.61. The zero-order valence-electron chi connectivity index (χ0n) is 69.2. The summed E-state index contributed by atoms with van der Waals surface area (Å²) in [6.07, 6.45) is 2.43. The van der Waals surface area contributed by atoms with Gasteiger partial charge in [-0.15, -0.1) is 11.3 Å². The number of thiazole rings is 1. The number of aromatic nitrogens is 1. The van der Waals surface area contributed by atoms with Gasteiger partial charge < -0.3 is 76.4 Å². The number of nitrogens with one attached hydrogen (secondary N) is 6. The fraction of sp³-hybridized carbons (Fsp3) is 0.494. The number of carbonyl (C=O) groups is 11. The Morgan fingerprint density at radius 2 is 1.36 bits per heavy atom. The minimum absolute atomic E-state index is 0.00495. The second kappa shape index (κ2) is 45.5. The lowest BCUT2D eigenvalue weighted by Gasteiger charge is -2.41. The number of amides is 12. The number of carbonyl (C=O) groups excluding carboxylic acids is 11. The number of imide groups is 1. The van der Waals surface area contributed by atoms with E-state index in [2.05, 4.69) is 36.9 Å². The van der Waals surface area contributed by atoms with Gasteiger partial charge in [0.1, 0.15) is 53.6 Å². The van der Waals surface area contributed by atoms with Gasteiger partial charge in [0.05, 0.1) is 60.2 Å². The zero-order valence-corrected chi connectivity index (χ0v) is 72.4. The van der Waals surface area contributed by atoms with E-state index in [4.69, 9.17) is 36.9 Å². The van der Waals surface area contributed by atoms with E-state index in [0.717, 1.165) is 37.0 Å². The molecule has 13 atom stereocenters. The summed E-state index contributed by atoms with van der Waals surface area (Å²) in [7, 11) is 6.13. The summed E-state index contributed by atoms with van der Waals surface area (Å²) in [4.78, 5) is 168. The molecule has 4 heterocycles. The highest BCUT2D eigenvalue weighted by Crippen LogP contribution is 2.37. The predicted octanol–water partition coefficient (Wildman–Crippen LogP) is 8.98. The van der Waals surface area contributed by atoms with Crippen LogP contribution in [-0.4, -0.2) is 227 Å². The van der Waals surface area contributed by atoms with Gasteiger partial charge in [0.15, 0.2) is 0 Å². The third-order valence-electron chi connectivity index (χ3n) is 21.1. The number of hydrogen-bond donors (Lipinski definition) is 8. The molecule has 4 unspecified atom stereocenters. The van der Waals surface area contributed by atoms with Crippen LogP contribution in [-0.2, 0) is 75.1 Å². The number of aliphatic hydroxyl groups is 1. The summed E-state index contributed by atoms with van der Waals surface area (Å²) in [5, 5.41) is 30.9. The predicted molar refractivity (Wildman–Crippen MR) is 456 cm³/mol. The van der Waals surface area contributed by atoms with Crippen LogP contribution in [0.25, 0.3) is 0 Å². The van der Waals surface area contributed by atoms with Crippen molar-refractivity contribution in [2.45, 2.75) is 190 Å². The monoisotopic (exact) mass is 1700 g/mol. The smallest absolute Gasteiger partial charge is 0.410 e. The second-order valence-electron chi connectivity index (χ2n) is 30.7. The van der Waals surface area contributed by atoms with E-state index >= 15 is 0 Å². The number of rotatable bonds is 44. The van der Waals surface area contributed by atoms with Crippen LogP contribution in [0.5, 0.6) is 0 Å². The third kappa shape index (κ3) is 26.2. The van der Waals surface area contributed by atoms with Crippen LogP contribution in [0, 0.1) is 29.6 Å². The number of hydrogen-bond acceptors (Lipinski definition) is 21. The summed E-state index contributed by atoms with van der Waals surface area (Å²) in [5.41, 5.74) is 7.15. The van der Waals surface area contributed by atoms with Gasteiger partial charge in [0.2, 0.25) is 41.4 Å². The summed E-state index contributed by atoms with van der Waals surface area (Å²) in [5.74, 6) is -7.17. The lowest BCUT2D eigenvalue weighted by Crippen LogP contribution is -2.60. The number of benzene rings is 4. The molecule has 118 heavy (non-hydrogen) atoms. The van der Waals surface area contributed by atoms with Crippen LogP contribution in [0.1, 0.15) is 123 Å². The zero-order chi connectivity index (χ0) is 86.0. The Labute approximate surface area is 708 Å². The maximum atomic E-state index is 15.0. The van der Waals surface area contributed by atoms with Crippen molar-refractivity contribution >= 4 is 123 Å². The van der Waals surface area contributed by atoms with Crippen LogP contribution in [0.4, 0.5) is 15.3 Å². The lowest BCUT2D eigenvalue weighted by atomic mass is 9.89. The maximum Gasteiger partial charge on any atom is 0.410 e. The molecule has 638 valence electrons. The molecule has 0 radical (unpaired) electrons. The highest BCUT2D eigenvalue weighted by Gasteiger charge is 2.45. The molecule has 4 aromatic carbocycles. The molecule has 3 aliphatic rings. The topological polar surface area (TPSA) is 372 Å². The molecular weight excluding hydrogens is 1590 g/mol. The number of nitrogens with zero attached hydrogens (tertiary/aromatic N) is 6. The summed E-state index contributed by atoms with van der Waals surface area (Å²) in [6.45, 7) is 15.3. The number of likely N-dealkylation sites (N-methyl/N-ethyl adjacent to an activating group) is 2. The van der Waals surface area contributed by atoms with E-state index in [1.54, 1.807) is 126 Å². The van der Waals surface area contributed by atoms with Crippen molar-refractivity contribution in [1.82, 2.24) is 56.1 Å². The number of likely N-dealkylation sites (tertiary alicyclic amines) is 1. The van der Waals surface area contributed by atoms with Crippen LogP contribution in [0.2, 0.25) is 0 Å². The molecule has 1 saturated heterocycles. The van der Waals surface area contributed by atoms with E-state index in [9.17, 15) is 57.8 Å². The maximum absolute atomic E-state index is 15.0. The molecule has 3 aliphatic heterocycles. The number of urea groups is 1. The van der Waals surface area contributed by atoms with Crippen molar-refractivity contribution < 1.29 is 76.8 Å². The Morgan fingerprint density at radius 3 is 1.95 bits per heavy atom. The first-order valence-electron chi connectivity index (χ1n) is 39.8. The van der Waals surface area contributed by atoms with Gasteiger partial charge in [-0.3, -0.25) is 53.0 Å². The summed E-state index contributed by atoms with van der Waals surface area (Å²) >= 11 is 9.75. The van der Waals surface area contributed by atoms with Gasteiger partial charge in [0.25, 0.3) is 11.8 Å². The molecule has 9 N–H and O–H groups in total. The van der Waals surface area contributed by atoms with Crippen molar-refractivity contribution in [1.29, 1.82) is 0 Å². The highest BCUT2D eigenvalue weighted by atomic mass is 32.2. The first kappa shape index (κ1) is 93.9. The number of nitrogens with two attached hydrogens (primary N) is 1. The average Bonchev–Trinajstić information content (AvgIpc) is 1.67. The van der Waals surface area contributed by atoms with E-state index in [1.165, 1.54) is 53.1 Å². The standard InChI is InChI=1S/C85H113N13O16S4/c1-14-53(8)74(64(111-12)43-68(100)96-40-25-33-63(96)75(112-13)54(9)76(103)91-62(80-87-39-41-116-80)42-55-26-18-15-19-27-55)94(10)82(108)72(51(4)5)93-79(106)73(52(6)7)95(11)85(110)114-48-56-34-36-57(37-35-56)89-77(104)61(32-24-38-88-84(86)109)90-78(105)71(50(2)3)92-67(99)49-113-58(46-97-69(101)44-65(81(97)107)117-59-28-20-16-21-29-59)47-98-70(102)45-66(83(98)115)118-60-30-22-17-23-31-60/h15-23,26-31,34-37,39,41,44-45,50-54,58,61-64,70-75,102H,14,24-25,32-33,38,40,42-43,46-49H2,1-13H3,(H,89,104)(H,90,105)(H,91,103)(H,92,99)(H,93,106)(H3,86,88,109)/t53?,54-,58?,61+,62+,63+,64?,70?,71+,72+,73+,74+,75-/m1/s1. The van der Waals surface area contributed by atoms with Crippen LogP contribution < -0.4 is 37.6 Å². The van der Waals surface area contributed by atoms with E-state index < -0.39 is 145 Å². The number of ether oxygens (including phenoxy) is 4. The quantitative estimate of drug-likeness (QED) is 0.0102. The minimum Gasteiger partial charge on any atom is -0.445 e. The molecule has 12 amide bonds. The largest absolute Gasteiger partial charge is 0.445 e. The number of thioether (sulfide) groups is 2. The SMILES string of the molecule is CCC(C)[C@@H](C(CC(=O)N1CCC[C@H]1[C@H](OC)[C@@H](C)C(=O)N[C@@H](Cc1ccccc1)c1nccs1)OC)N(C)C(=O)[C@@H](NC(=O)[C@H](C(C)C)N(C)C(=O)OCc1ccc(NC(=O)[C@H](CCCNC(N)=O)NC(=O)[C@@H](NC(=O)COC(CN2C(=O)C=C(Sc3ccccc3)C2=O)CN2C(=S)C(Sc3ccccc3)=CC2O)C(C)C)cc1)C(C)C. The minimum atomic E-state index is -1.24. The molecule has 0 bridgehead atoms. The van der Waals surface area contributed by atoms with Gasteiger partial charge in [-0.1, -0.05) is 183 Å². The molecule has 1 fully saturated rings. The molecule has 29 nitrogen and oxygen atoms in total. The molecule has 33 heteroatoms. The number of primary amides is 1. The lowest BCUT2D eigenvalue weighted by molar-refractivity contribution is -0.148. The second-order valence-corrected chi connectivity index (χ2v) is 34.2. The molecule has 5 aromatic rings. The summed E-state index contributed by atoms with van der Waals surface area (Å²) < 4.78 is 24.2.